The fourth-order valence-corrected chi connectivity index (χ4v) is 4.09. The Morgan fingerprint density at radius 2 is 2.04 bits per heavy atom. The highest BCUT2D eigenvalue weighted by molar-refractivity contribution is 7.20. The molecule has 144 valence electrons. The van der Waals surface area contributed by atoms with Gasteiger partial charge in [0.25, 0.3) is 11.6 Å². The molecule has 1 aromatic carbocycles. The molecule has 1 aliphatic heterocycles. The van der Waals surface area contributed by atoms with E-state index in [1.165, 1.54) is 48.9 Å². The first-order valence-corrected chi connectivity index (χ1v) is 9.78. The second-order valence-electron chi connectivity index (χ2n) is 6.51. The molecule has 0 bridgehead atoms. The van der Waals surface area contributed by atoms with Crippen LogP contribution in [-0.4, -0.2) is 30.1 Å². The summed E-state index contributed by atoms with van der Waals surface area (Å²) < 4.78 is 6.56. The molecule has 0 radical (unpaired) electrons. The number of nitro benzene ring substituents is 1. The molecule has 1 N–H and O–H groups in total. The van der Waals surface area contributed by atoms with Crippen molar-refractivity contribution in [2.45, 2.75) is 19.3 Å². The van der Waals surface area contributed by atoms with Crippen LogP contribution < -0.4 is 10.3 Å². The number of hydrogen-bond acceptors (Lipinski definition) is 7. The quantitative estimate of drug-likeness (QED) is 0.395. The van der Waals surface area contributed by atoms with Crippen LogP contribution in [0.3, 0.4) is 0 Å². The van der Waals surface area contributed by atoms with Crippen molar-refractivity contribution in [3.05, 3.63) is 57.1 Å². The molecule has 3 heterocycles. The number of thiophene rings is 1. The van der Waals surface area contributed by atoms with Gasteiger partial charge < -0.3 is 9.32 Å². The molecule has 1 aliphatic rings. The Labute approximate surface area is 164 Å². The van der Waals surface area contributed by atoms with Crippen molar-refractivity contribution in [3.8, 4) is 0 Å². The van der Waals surface area contributed by atoms with Crippen LogP contribution >= 0.6 is 11.3 Å². The summed E-state index contributed by atoms with van der Waals surface area (Å²) >= 11 is 1.26. The third-order valence-corrected chi connectivity index (χ3v) is 5.69. The number of carbonyl (C=O) groups is 1. The number of piperidine rings is 1. The van der Waals surface area contributed by atoms with Crippen LogP contribution in [0.1, 0.15) is 34.7 Å². The van der Waals surface area contributed by atoms with E-state index in [9.17, 15) is 14.9 Å². The number of rotatable bonds is 5. The van der Waals surface area contributed by atoms with Crippen molar-refractivity contribution in [1.29, 1.82) is 0 Å². The molecule has 0 atom stereocenters. The molecular formula is C19H18N4O4S. The van der Waals surface area contributed by atoms with Gasteiger partial charge in [0.05, 0.1) is 16.0 Å². The topological polar surface area (TPSA) is 101 Å². The van der Waals surface area contributed by atoms with Crippen molar-refractivity contribution in [3.63, 3.8) is 0 Å². The van der Waals surface area contributed by atoms with E-state index >= 15 is 0 Å². The molecule has 0 unspecified atom stereocenters. The zero-order valence-electron chi connectivity index (χ0n) is 15.0. The van der Waals surface area contributed by atoms with Gasteiger partial charge in [0.1, 0.15) is 5.76 Å². The summed E-state index contributed by atoms with van der Waals surface area (Å²) in [5, 5.41) is 15.5. The molecule has 8 nitrogen and oxygen atoms in total. The highest BCUT2D eigenvalue weighted by Gasteiger charge is 2.15. The number of non-ortho nitro benzene ring substituents is 1. The average Bonchev–Trinajstić information content (AvgIpc) is 3.35. The summed E-state index contributed by atoms with van der Waals surface area (Å²) in [6.45, 7) is 1.98. The molecule has 4 rings (SSSR count). The summed E-state index contributed by atoms with van der Waals surface area (Å²) in [5.74, 6) is 1.01. The Balaban J connectivity index is 1.40. The number of hydrazone groups is 1. The van der Waals surface area contributed by atoms with E-state index in [4.69, 9.17) is 4.42 Å². The Morgan fingerprint density at radius 1 is 1.21 bits per heavy atom. The molecule has 9 heteroatoms. The van der Waals surface area contributed by atoms with Gasteiger partial charge in [-0.3, -0.25) is 14.9 Å². The van der Waals surface area contributed by atoms with Gasteiger partial charge in [0.2, 0.25) is 0 Å². The van der Waals surface area contributed by atoms with Crippen LogP contribution in [0.2, 0.25) is 0 Å². The highest BCUT2D eigenvalue weighted by atomic mass is 32.1. The number of furan rings is 1. The standard InChI is InChI=1S/C19H18N4O4S/c24-19(17-11-13-10-14(23(25)26)4-6-16(13)28-17)21-20-12-15-5-7-18(27-15)22-8-2-1-3-9-22/h4-7,10-12H,1-3,8-9H2,(H,21,24)/b20-12-. The van der Waals surface area contributed by atoms with Crippen molar-refractivity contribution in [2.75, 3.05) is 18.0 Å². The van der Waals surface area contributed by atoms with E-state index in [2.05, 4.69) is 15.4 Å². The zero-order chi connectivity index (χ0) is 19.5. The molecule has 0 spiro atoms. The summed E-state index contributed by atoms with van der Waals surface area (Å²) in [5.41, 5.74) is 2.47. The predicted octanol–water partition coefficient (Wildman–Crippen LogP) is 4.16. The van der Waals surface area contributed by atoms with Gasteiger partial charge in [0.15, 0.2) is 5.88 Å². The molecule has 1 amide bonds. The van der Waals surface area contributed by atoms with E-state index in [0.29, 0.717) is 16.0 Å². The minimum atomic E-state index is -0.456. The van der Waals surface area contributed by atoms with Gasteiger partial charge in [-0.05, 0) is 37.5 Å². The Kier molecular flexibility index (Phi) is 5.07. The molecule has 0 aliphatic carbocycles. The lowest BCUT2D eigenvalue weighted by Gasteiger charge is -2.25. The monoisotopic (exact) mass is 398 g/mol. The molecule has 1 fully saturated rings. The van der Waals surface area contributed by atoms with Gasteiger partial charge in [-0.1, -0.05) is 0 Å². The van der Waals surface area contributed by atoms with E-state index < -0.39 is 4.92 Å². The fraction of sp³-hybridized carbons (Fsp3) is 0.263. The maximum absolute atomic E-state index is 12.3. The molecule has 3 aromatic rings. The number of benzene rings is 1. The van der Waals surface area contributed by atoms with Crippen LogP contribution in [0.4, 0.5) is 11.6 Å². The molecule has 2 aromatic heterocycles. The first kappa shape index (κ1) is 18.2. The lowest BCUT2D eigenvalue weighted by molar-refractivity contribution is -0.384. The first-order valence-electron chi connectivity index (χ1n) is 8.96. The van der Waals surface area contributed by atoms with Gasteiger partial charge in [-0.25, -0.2) is 5.43 Å². The normalized spacial score (nSPS) is 14.6. The maximum atomic E-state index is 12.3. The predicted molar refractivity (Wildman–Crippen MR) is 108 cm³/mol. The molecular weight excluding hydrogens is 380 g/mol. The van der Waals surface area contributed by atoms with E-state index in [-0.39, 0.29) is 11.6 Å². The first-order chi connectivity index (χ1) is 13.6. The summed E-state index contributed by atoms with van der Waals surface area (Å²) in [7, 11) is 0. The maximum Gasteiger partial charge on any atom is 0.281 e. The smallest absolute Gasteiger partial charge is 0.281 e. The third-order valence-electron chi connectivity index (χ3n) is 4.57. The van der Waals surface area contributed by atoms with Crippen LogP contribution in [0, 0.1) is 10.1 Å². The number of anilines is 1. The Hall–Kier alpha value is -3.20. The SMILES string of the molecule is O=C(N/N=C\c1ccc(N2CCCCC2)o1)c1cc2cc([N+](=O)[O-])ccc2s1. The van der Waals surface area contributed by atoms with Crippen LogP contribution in [0.15, 0.2) is 45.9 Å². The van der Waals surface area contributed by atoms with E-state index in [1.54, 1.807) is 12.1 Å². The average molecular weight is 398 g/mol. The Morgan fingerprint density at radius 3 is 2.82 bits per heavy atom. The lowest BCUT2D eigenvalue weighted by Crippen LogP contribution is -2.28. The number of nitrogens with zero attached hydrogens (tertiary/aromatic N) is 3. The fourth-order valence-electron chi connectivity index (χ4n) is 3.16. The van der Waals surface area contributed by atoms with E-state index in [1.807, 2.05) is 12.1 Å². The third kappa shape index (κ3) is 3.89. The van der Waals surface area contributed by atoms with Gasteiger partial charge in [0, 0.05) is 41.4 Å². The summed E-state index contributed by atoms with van der Waals surface area (Å²) in [6, 6.07) is 9.88. The second kappa shape index (κ2) is 7.81. The largest absolute Gasteiger partial charge is 0.440 e. The van der Waals surface area contributed by atoms with Crippen molar-refractivity contribution in [2.24, 2.45) is 5.10 Å². The number of fused-ring (bicyclic) bond motifs is 1. The molecule has 1 saturated heterocycles. The van der Waals surface area contributed by atoms with Crippen LogP contribution in [0.25, 0.3) is 10.1 Å². The van der Waals surface area contributed by atoms with Crippen molar-refractivity contribution < 1.29 is 14.1 Å². The summed E-state index contributed by atoms with van der Waals surface area (Å²) in [6.07, 6.45) is 5.04. The van der Waals surface area contributed by atoms with Crippen LogP contribution in [0.5, 0.6) is 0 Å². The number of nitrogens with one attached hydrogen (secondary N) is 1. The van der Waals surface area contributed by atoms with Crippen molar-refractivity contribution in [1.82, 2.24) is 5.43 Å². The number of amides is 1. The number of nitro groups is 1. The van der Waals surface area contributed by atoms with Crippen LogP contribution in [-0.2, 0) is 0 Å². The molecule has 0 saturated carbocycles. The second-order valence-corrected chi connectivity index (χ2v) is 7.60. The number of carbonyl (C=O) groups excluding carboxylic acids is 1. The zero-order valence-corrected chi connectivity index (χ0v) is 15.8. The number of hydrogen-bond donors (Lipinski definition) is 1. The lowest BCUT2D eigenvalue weighted by atomic mass is 10.1. The van der Waals surface area contributed by atoms with Crippen molar-refractivity contribution >= 4 is 45.1 Å². The minimum absolute atomic E-state index is 0.00221. The van der Waals surface area contributed by atoms with Gasteiger partial charge in [-0.2, -0.15) is 5.10 Å². The van der Waals surface area contributed by atoms with Gasteiger partial charge >= 0.3 is 0 Å². The highest BCUT2D eigenvalue weighted by Crippen LogP contribution is 2.29. The minimum Gasteiger partial charge on any atom is -0.440 e. The van der Waals surface area contributed by atoms with E-state index in [0.717, 1.165) is 23.7 Å². The molecule has 28 heavy (non-hydrogen) atoms. The van der Waals surface area contributed by atoms with Gasteiger partial charge in [-0.15, -0.1) is 11.3 Å². The Bertz CT molecular complexity index is 1050. The summed E-state index contributed by atoms with van der Waals surface area (Å²) in [4.78, 5) is 25.3.